The molecular weight excluding hydrogens is 446 g/mol. The number of hydrogen-bond donors (Lipinski definition) is 0. The van der Waals surface area contributed by atoms with Gasteiger partial charge in [0.25, 0.3) is 0 Å². The van der Waals surface area contributed by atoms with Gasteiger partial charge in [-0.05, 0) is 96.4 Å². The third kappa shape index (κ3) is 1.42. The van der Waals surface area contributed by atoms with Crippen molar-refractivity contribution in [2.75, 3.05) is 0 Å². The van der Waals surface area contributed by atoms with Crippen LogP contribution < -0.4 is 0 Å². The van der Waals surface area contributed by atoms with Gasteiger partial charge in [0.1, 0.15) is 0 Å². The molecule has 0 amide bonds. The Morgan fingerprint density at radius 2 is 1.44 bits per heavy atom. The molecule has 0 saturated heterocycles. The zero-order valence-electron chi connectivity index (χ0n) is 9.37. The second kappa shape index (κ2) is 3.93. The minimum atomic E-state index is 1.30. The Balaban J connectivity index is 2.26. The van der Waals surface area contributed by atoms with E-state index in [-0.39, 0.29) is 0 Å². The SMILES string of the molecule is Ic1ccc2c(c1)-c1cccc3c(I)ccc-2c13. The van der Waals surface area contributed by atoms with E-state index < -0.39 is 0 Å². The molecule has 0 unspecified atom stereocenters. The zero-order chi connectivity index (χ0) is 12.3. The van der Waals surface area contributed by atoms with E-state index in [4.69, 9.17) is 0 Å². The lowest BCUT2D eigenvalue weighted by Gasteiger charge is -2.03. The maximum absolute atomic E-state index is 2.42. The molecular formula is C16H8I2. The van der Waals surface area contributed by atoms with E-state index in [2.05, 4.69) is 93.7 Å². The summed E-state index contributed by atoms with van der Waals surface area (Å²) in [7, 11) is 0. The van der Waals surface area contributed by atoms with Gasteiger partial charge in [-0.2, -0.15) is 0 Å². The van der Waals surface area contributed by atoms with Crippen molar-refractivity contribution < 1.29 is 0 Å². The molecule has 0 saturated carbocycles. The smallest absolute Gasteiger partial charge is 0.0209 e. The van der Waals surface area contributed by atoms with Crippen LogP contribution in [-0.4, -0.2) is 0 Å². The second-order valence-electron chi connectivity index (χ2n) is 4.51. The van der Waals surface area contributed by atoms with Crippen molar-refractivity contribution >= 4 is 56.0 Å². The summed E-state index contributed by atoms with van der Waals surface area (Å²) in [4.78, 5) is 0. The van der Waals surface area contributed by atoms with Gasteiger partial charge in [-0.1, -0.05) is 30.3 Å². The van der Waals surface area contributed by atoms with Gasteiger partial charge in [-0.15, -0.1) is 0 Å². The quantitative estimate of drug-likeness (QED) is 0.300. The Hall–Kier alpha value is -0.620. The molecule has 0 nitrogen and oxygen atoms in total. The predicted molar refractivity (Wildman–Crippen MR) is 93.8 cm³/mol. The maximum atomic E-state index is 2.42. The van der Waals surface area contributed by atoms with E-state index in [0.717, 1.165) is 0 Å². The van der Waals surface area contributed by atoms with E-state index in [1.54, 1.807) is 0 Å². The molecule has 0 spiro atoms. The summed E-state index contributed by atoms with van der Waals surface area (Å²) in [6.07, 6.45) is 0. The summed E-state index contributed by atoms with van der Waals surface area (Å²) in [6, 6.07) is 17.8. The van der Waals surface area contributed by atoms with Crippen LogP contribution in [0.1, 0.15) is 0 Å². The van der Waals surface area contributed by atoms with Gasteiger partial charge in [0, 0.05) is 7.14 Å². The van der Waals surface area contributed by atoms with Crippen LogP contribution in [0.25, 0.3) is 33.0 Å². The standard InChI is InChI=1S/C16H8I2/c17-9-4-5-10-12-6-7-15(18)13-3-1-2-11(16(12)13)14(10)8-9/h1-8H. The highest BCUT2D eigenvalue weighted by Crippen LogP contribution is 2.48. The number of rotatable bonds is 0. The first-order valence-electron chi connectivity index (χ1n) is 5.77. The fraction of sp³-hybridized carbons (Fsp3) is 0. The third-order valence-corrected chi connectivity index (χ3v) is 5.16. The van der Waals surface area contributed by atoms with Crippen LogP contribution in [-0.2, 0) is 0 Å². The summed E-state index contributed by atoms with van der Waals surface area (Å²) in [6.45, 7) is 0. The van der Waals surface area contributed by atoms with Gasteiger partial charge in [0.2, 0.25) is 0 Å². The molecule has 0 heterocycles. The normalized spacial score (nSPS) is 11.9. The first-order valence-corrected chi connectivity index (χ1v) is 7.93. The Labute approximate surface area is 133 Å². The average Bonchev–Trinajstić information content (AvgIpc) is 2.69. The molecule has 2 heteroatoms. The van der Waals surface area contributed by atoms with Gasteiger partial charge in [-0.25, -0.2) is 0 Å². The van der Waals surface area contributed by atoms with Crippen molar-refractivity contribution in [1.29, 1.82) is 0 Å². The fourth-order valence-corrected chi connectivity index (χ4v) is 3.91. The average molecular weight is 454 g/mol. The van der Waals surface area contributed by atoms with Gasteiger partial charge in [0.15, 0.2) is 0 Å². The molecule has 0 fully saturated rings. The maximum Gasteiger partial charge on any atom is 0.0209 e. The van der Waals surface area contributed by atoms with Crippen LogP contribution in [0.15, 0.2) is 48.5 Å². The molecule has 0 aliphatic heterocycles. The minimum Gasteiger partial charge on any atom is -0.0610 e. The first-order chi connectivity index (χ1) is 8.75. The van der Waals surface area contributed by atoms with E-state index in [9.17, 15) is 0 Å². The Bertz CT molecular complexity index is 804. The van der Waals surface area contributed by atoms with Crippen molar-refractivity contribution in [2.24, 2.45) is 0 Å². The number of halogens is 2. The van der Waals surface area contributed by atoms with Crippen molar-refractivity contribution in [3.63, 3.8) is 0 Å². The highest BCUT2D eigenvalue weighted by molar-refractivity contribution is 14.1. The third-order valence-electron chi connectivity index (χ3n) is 3.55. The monoisotopic (exact) mass is 454 g/mol. The lowest BCUT2D eigenvalue weighted by molar-refractivity contribution is 1.64. The molecule has 0 aromatic heterocycles. The summed E-state index contributed by atoms with van der Waals surface area (Å²) >= 11 is 4.81. The minimum absolute atomic E-state index is 1.30. The predicted octanol–water partition coefficient (Wildman–Crippen LogP) is 5.70. The fourth-order valence-electron chi connectivity index (χ4n) is 2.79. The second-order valence-corrected chi connectivity index (χ2v) is 6.92. The lowest BCUT2D eigenvalue weighted by Crippen LogP contribution is -1.79. The summed E-state index contributed by atoms with van der Waals surface area (Å²) in [5, 5.41) is 2.79. The highest BCUT2D eigenvalue weighted by atomic mass is 127. The first kappa shape index (κ1) is 11.2. The van der Waals surface area contributed by atoms with Crippen molar-refractivity contribution in [3.8, 4) is 22.3 Å². The number of hydrogen-bond acceptors (Lipinski definition) is 0. The van der Waals surface area contributed by atoms with E-state index in [0.29, 0.717) is 0 Å². The van der Waals surface area contributed by atoms with Gasteiger partial charge in [-0.3, -0.25) is 0 Å². The molecule has 3 aromatic carbocycles. The van der Waals surface area contributed by atoms with E-state index in [1.165, 1.54) is 40.2 Å². The van der Waals surface area contributed by atoms with Crippen molar-refractivity contribution in [3.05, 3.63) is 55.7 Å². The van der Waals surface area contributed by atoms with Crippen LogP contribution in [0.5, 0.6) is 0 Å². The van der Waals surface area contributed by atoms with Crippen LogP contribution in [0.2, 0.25) is 0 Å². The Morgan fingerprint density at radius 3 is 2.33 bits per heavy atom. The molecule has 3 aromatic rings. The molecule has 0 N–H and O–H groups in total. The van der Waals surface area contributed by atoms with Crippen LogP contribution >= 0.6 is 45.2 Å². The highest BCUT2D eigenvalue weighted by Gasteiger charge is 2.21. The molecule has 4 rings (SSSR count). The lowest BCUT2D eigenvalue weighted by atomic mass is 10.0. The van der Waals surface area contributed by atoms with Crippen LogP contribution in [0.3, 0.4) is 0 Å². The number of benzene rings is 3. The van der Waals surface area contributed by atoms with E-state index in [1.807, 2.05) is 0 Å². The molecule has 0 bridgehead atoms. The van der Waals surface area contributed by atoms with Crippen molar-refractivity contribution in [1.82, 2.24) is 0 Å². The van der Waals surface area contributed by atoms with Gasteiger partial charge in [0.05, 0.1) is 0 Å². The molecule has 0 radical (unpaired) electrons. The van der Waals surface area contributed by atoms with E-state index >= 15 is 0 Å². The summed E-state index contributed by atoms with van der Waals surface area (Å²) in [5.74, 6) is 0. The molecule has 1 aliphatic rings. The largest absolute Gasteiger partial charge is 0.0610 e. The van der Waals surface area contributed by atoms with Gasteiger partial charge >= 0.3 is 0 Å². The molecule has 18 heavy (non-hydrogen) atoms. The van der Waals surface area contributed by atoms with Crippen molar-refractivity contribution in [2.45, 2.75) is 0 Å². The van der Waals surface area contributed by atoms with Crippen LogP contribution in [0, 0.1) is 7.14 Å². The number of fused-ring (bicyclic) bond motifs is 3. The molecule has 86 valence electrons. The zero-order valence-corrected chi connectivity index (χ0v) is 13.7. The molecule has 1 aliphatic carbocycles. The Morgan fingerprint density at radius 1 is 0.667 bits per heavy atom. The summed E-state index contributed by atoms with van der Waals surface area (Å²) in [5.41, 5.74) is 5.52. The topological polar surface area (TPSA) is 0 Å². The Kier molecular flexibility index (Phi) is 2.45. The van der Waals surface area contributed by atoms with Gasteiger partial charge < -0.3 is 0 Å². The molecule has 0 atom stereocenters. The summed E-state index contributed by atoms with van der Waals surface area (Å²) < 4.78 is 2.63. The van der Waals surface area contributed by atoms with Crippen LogP contribution in [0.4, 0.5) is 0 Å².